The summed E-state index contributed by atoms with van der Waals surface area (Å²) >= 11 is 0. The normalized spacial score (nSPS) is 14.8. The van der Waals surface area contributed by atoms with Crippen LogP contribution in [-0.2, 0) is 13.0 Å². The molecule has 0 radical (unpaired) electrons. The number of rotatable bonds is 9. The fraction of sp³-hybridized carbons (Fsp3) is 0.560. The molecule has 2 amide bonds. The number of aromatic nitrogens is 3. The summed E-state index contributed by atoms with van der Waals surface area (Å²) in [5, 5.41) is 7.24. The number of pyridine rings is 1. The molecule has 1 aliphatic carbocycles. The van der Waals surface area contributed by atoms with Gasteiger partial charge in [0.2, 0.25) is 0 Å². The van der Waals surface area contributed by atoms with E-state index in [9.17, 15) is 4.79 Å². The first-order chi connectivity index (χ1) is 15.7. The summed E-state index contributed by atoms with van der Waals surface area (Å²) in [6.45, 7) is 3.73. The van der Waals surface area contributed by atoms with Crippen LogP contribution in [0.1, 0.15) is 73.4 Å². The lowest BCUT2D eigenvalue weighted by Gasteiger charge is -2.22. The van der Waals surface area contributed by atoms with E-state index in [1.54, 1.807) is 0 Å². The zero-order valence-corrected chi connectivity index (χ0v) is 19.2. The van der Waals surface area contributed by atoms with Gasteiger partial charge in [-0.1, -0.05) is 50.8 Å². The van der Waals surface area contributed by atoms with E-state index in [2.05, 4.69) is 33.2 Å². The number of urea groups is 1. The van der Waals surface area contributed by atoms with Crippen LogP contribution in [0.2, 0.25) is 0 Å². The Morgan fingerprint density at radius 3 is 2.78 bits per heavy atom. The van der Waals surface area contributed by atoms with Crippen molar-refractivity contribution in [1.29, 1.82) is 0 Å². The number of aryl methyl sites for hydroxylation is 2. The second-order valence-corrected chi connectivity index (χ2v) is 8.94. The van der Waals surface area contributed by atoms with Crippen molar-refractivity contribution in [1.82, 2.24) is 25.2 Å². The van der Waals surface area contributed by atoms with Crippen LogP contribution in [0.5, 0.6) is 0 Å². The topological polar surface area (TPSA) is 97.9 Å². The molecule has 1 fully saturated rings. The van der Waals surface area contributed by atoms with Crippen LogP contribution >= 0.6 is 0 Å². The van der Waals surface area contributed by atoms with Crippen LogP contribution in [0.15, 0.2) is 24.3 Å². The van der Waals surface area contributed by atoms with Gasteiger partial charge in [0.05, 0.1) is 11.0 Å². The van der Waals surface area contributed by atoms with Crippen molar-refractivity contribution < 1.29 is 7.65 Å². The zero-order valence-electron chi connectivity index (χ0n) is 19.2. The second-order valence-electron chi connectivity index (χ2n) is 8.94. The molecule has 2 aromatic heterocycles. The number of hydrogen-bond acceptors (Lipinski definition) is 4. The van der Waals surface area contributed by atoms with Gasteiger partial charge in [-0.2, -0.15) is 0 Å². The number of imidazole rings is 1. The summed E-state index contributed by atoms with van der Waals surface area (Å²) in [6, 6.07) is 8.44. The first-order valence-electron chi connectivity index (χ1n) is 12.2. The first kappa shape index (κ1) is 22.4. The highest BCUT2D eigenvalue weighted by molar-refractivity contribution is 6.06. The fourth-order valence-electron chi connectivity index (χ4n) is 4.75. The molecule has 32 heavy (non-hydrogen) atoms. The van der Waals surface area contributed by atoms with E-state index in [0.717, 1.165) is 79.3 Å². The molecule has 0 atom stereocenters. The fourth-order valence-corrected chi connectivity index (χ4v) is 4.75. The number of para-hydroxylation sites is 1. The number of nitrogen functional groups attached to an aromatic ring is 1. The lowest BCUT2D eigenvalue weighted by atomic mass is 9.96. The summed E-state index contributed by atoms with van der Waals surface area (Å²) in [5.74, 6) is 1.57. The largest absolute Gasteiger partial charge is 0.382 e. The van der Waals surface area contributed by atoms with E-state index < -0.39 is 0 Å². The summed E-state index contributed by atoms with van der Waals surface area (Å²) < 4.78 is 2.33. The SMILES string of the molecule is CCCCc1nc2c(N)nc3ccccc3c2n1CCCCNC(=O)NC1CCCCC1.[HH].[HH]. The van der Waals surface area contributed by atoms with Crippen molar-refractivity contribution in [3.05, 3.63) is 30.1 Å². The van der Waals surface area contributed by atoms with Gasteiger partial charge >= 0.3 is 6.03 Å². The third-order valence-electron chi connectivity index (χ3n) is 6.48. The van der Waals surface area contributed by atoms with E-state index in [0.29, 0.717) is 18.4 Å². The van der Waals surface area contributed by atoms with Crippen molar-refractivity contribution in [3.8, 4) is 0 Å². The van der Waals surface area contributed by atoms with Crippen LogP contribution in [0.3, 0.4) is 0 Å². The number of unbranched alkanes of at least 4 members (excludes halogenated alkanes) is 2. The van der Waals surface area contributed by atoms with Crippen LogP contribution < -0.4 is 16.4 Å². The number of carbonyl (C=O) groups excluding carboxylic acids is 1. The zero-order chi connectivity index (χ0) is 22.3. The third-order valence-corrected chi connectivity index (χ3v) is 6.48. The molecule has 1 saturated carbocycles. The lowest BCUT2D eigenvalue weighted by molar-refractivity contribution is 0.232. The number of anilines is 1. The van der Waals surface area contributed by atoms with Crippen molar-refractivity contribution in [2.24, 2.45) is 0 Å². The number of nitrogens with one attached hydrogen (secondary N) is 2. The van der Waals surface area contributed by atoms with E-state index in [4.69, 9.17) is 10.7 Å². The maximum absolute atomic E-state index is 12.2. The van der Waals surface area contributed by atoms with Gasteiger partial charge in [0.15, 0.2) is 5.82 Å². The molecule has 7 nitrogen and oxygen atoms in total. The molecule has 7 heteroatoms. The number of hydrogen-bond donors (Lipinski definition) is 3. The van der Waals surface area contributed by atoms with Crippen LogP contribution in [-0.4, -0.2) is 33.2 Å². The molecule has 0 bridgehead atoms. The van der Waals surface area contributed by atoms with Gasteiger partial charge < -0.3 is 20.9 Å². The number of carbonyl (C=O) groups is 1. The van der Waals surface area contributed by atoms with Gasteiger partial charge in [-0.15, -0.1) is 0 Å². The summed E-state index contributed by atoms with van der Waals surface area (Å²) in [5.41, 5.74) is 9.07. The molecule has 0 saturated heterocycles. The van der Waals surface area contributed by atoms with E-state index >= 15 is 0 Å². The minimum Gasteiger partial charge on any atom is -0.382 e. The Kier molecular flexibility index (Phi) is 7.45. The molecule has 0 unspecified atom stereocenters. The molecule has 2 heterocycles. The monoisotopic (exact) mass is 440 g/mol. The Balaban J connectivity index is 0.00000204. The maximum Gasteiger partial charge on any atom is 0.315 e. The van der Waals surface area contributed by atoms with Gasteiger partial charge in [0.1, 0.15) is 11.3 Å². The Morgan fingerprint density at radius 2 is 1.97 bits per heavy atom. The van der Waals surface area contributed by atoms with Gasteiger partial charge in [-0.3, -0.25) is 0 Å². The highest BCUT2D eigenvalue weighted by atomic mass is 16.2. The lowest BCUT2D eigenvalue weighted by Crippen LogP contribution is -2.43. The number of nitrogens with two attached hydrogens (primary N) is 1. The van der Waals surface area contributed by atoms with Crippen molar-refractivity contribution >= 4 is 33.8 Å². The summed E-state index contributed by atoms with van der Waals surface area (Å²) in [4.78, 5) is 21.6. The predicted octanol–water partition coefficient (Wildman–Crippen LogP) is 5.41. The van der Waals surface area contributed by atoms with E-state index in [1.165, 1.54) is 19.3 Å². The smallest absolute Gasteiger partial charge is 0.315 e. The molecule has 3 aromatic rings. The minimum absolute atomic E-state index is 0. The molecule has 0 spiro atoms. The molecule has 1 aliphatic rings. The van der Waals surface area contributed by atoms with Gasteiger partial charge in [-0.05, 0) is 38.2 Å². The average molecular weight is 441 g/mol. The number of fused-ring (bicyclic) bond motifs is 3. The predicted molar refractivity (Wildman–Crippen MR) is 135 cm³/mol. The Morgan fingerprint density at radius 1 is 1.16 bits per heavy atom. The highest BCUT2D eigenvalue weighted by Crippen LogP contribution is 2.29. The maximum atomic E-state index is 12.2. The molecule has 176 valence electrons. The summed E-state index contributed by atoms with van der Waals surface area (Å²) in [7, 11) is 0. The molecule has 0 aliphatic heterocycles. The van der Waals surface area contributed by atoms with Gasteiger partial charge in [-0.25, -0.2) is 14.8 Å². The van der Waals surface area contributed by atoms with Crippen LogP contribution in [0.25, 0.3) is 21.9 Å². The summed E-state index contributed by atoms with van der Waals surface area (Å²) in [6.07, 6.45) is 11.0. The quantitative estimate of drug-likeness (QED) is 0.387. The minimum atomic E-state index is -0.0292. The Hall–Kier alpha value is -2.83. The second kappa shape index (κ2) is 10.7. The molecule has 4 rings (SSSR count). The Bertz CT molecular complexity index is 1060. The highest BCUT2D eigenvalue weighted by Gasteiger charge is 2.17. The van der Waals surface area contributed by atoms with Crippen molar-refractivity contribution in [2.45, 2.75) is 83.7 Å². The molecule has 1 aromatic carbocycles. The van der Waals surface area contributed by atoms with E-state index in [-0.39, 0.29) is 8.88 Å². The number of nitrogens with zero attached hydrogens (tertiary/aromatic N) is 3. The van der Waals surface area contributed by atoms with Crippen LogP contribution in [0.4, 0.5) is 10.6 Å². The van der Waals surface area contributed by atoms with Gasteiger partial charge in [0, 0.05) is 33.8 Å². The van der Waals surface area contributed by atoms with E-state index in [1.807, 2.05) is 18.2 Å². The molecule has 4 N–H and O–H groups in total. The third kappa shape index (κ3) is 5.14. The number of benzene rings is 1. The van der Waals surface area contributed by atoms with Crippen LogP contribution in [0, 0.1) is 0 Å². The molecular weight excluding hydrogens is 400 g/mol. The average Bonchev–Trinajstić information content (AvgIpc) is 3.17. The van der Waals surface area contributed by atoms with Crippen molar-refractivity contribution in [3.63, 3.8) is 0 Å². The number of amides is 2. The van der Waals surface area contributed by atoms with Gasteiger partial charge in [0.25, 0.3) is 0 Å². The Labute approximate surface area is 193 Å². The standard InChI is InChI=1S/C25H36N6O.2H2/c1-2-3-15-21-30-22-23(19-13-7-8-14-20(19)29-24(22)26)31(21)17-10-9-16-27-25(32)28-18-11-5-4-6-12-18;;/h7-8,13-14,18H,2-6,9-12,15-17H2,1H3,(H2,26,29)(H2,27,28,32);2*1H. The molecular formula is C25H40N6O. The first-order valence-corrected chi connectivity index (χ1v) is 12.2. The van der Waals surface area contributed by atoms with Crippen molar-refractivity contribution in [2.75, 3.05) is 12.3 Å².